The van der Waals surface area contributed by atoms with E-state index in [1.165, 1.54) is 0 Å². The first-order chi connectivity index (χ1) is 9.79. The Bertz CT molecular complexity index is 667. The van der Waals surface area contributed by atoms with Crippen molar-refractivity contribution in [2.45, 2.75) is 47.1 Å². The van der Waals surface area contributed by atoms with Gasteiger partial charge in [0.05, 0.1) is 18.2 Å². The third-order valence-electron chi connectivity index (χ3n) is 3.92. The summed E-state index contributed by atoms with van der Waals surface area (Å²) in [6.07, 6.45) is 0.353. The van der Waals surface area contributed by atoms with Crippen LogP contribution in [-0.2, 0) is 18.3 Å². The summed E-state index contributed by atoms with van der Waals surface area (Å²) in [5.41, 5.74) is 3.97. The number of nitrogens with one attached hydrogen (secondary N) is 1. The van der Waals surface area contributed by atoms with Crippen LogP contribution in [0.1, 0.15) is 47.0 Å². The highest BCUT2D eigenvalue weighted by Crippen LogP contribution is 2.21. The Hall–Kier alpha value is -2.04. The maximum Gasteiger partial charge on any atom is 0.225 e. The van der Waals surface area contributed by atoms with Crippen molar-refractivity contribution in [2.75, 3.05) is 0 Å². The van der Waals surface area contributed by atoms with Crippen molar-refractivity contribution in [3.8, 4) is 0 Å². The van der Waals surface area contributed by atoms with Crippen molar-refractivity contribution < 1.29 is 9.21 Å². The van der Waals surface area contributed by atoms with Gasteiger partial charge in [-0.15, -0.1) is 0 Å². The fourth-order valence-corrected chi connectivity index (χ4v) is 2.68. The highest BCUT2D eigenvalue weighted by molar-refractivity contribution is 5.79. The standard InChI is InChI=1S/C16H23N3O2/c1-9-7-15(13(5)21-9)10(2)17-16(20)8-14-11(3)18-19(6)12(14)4/h7,10H,8H2,1-6H3,(H,17,20)/t10-/m0/s1. The Morgan fingerprint density at radius 2 is 2.05 bits per heavy atom. The molecule has 114 valence electrons. The zero-order valence-corrected chi connectivity index (χ0v) is 13.6. The highest BCUT2D eigenvalue weighted by Gasteiger charge is 2.18. The minimum absolute atomic E-state index is 0.0000435. The number of aryl methyl sites for hydroxylation is 4. The van der Waals surface area contributed by atoms with Gasteiger partial charge in [-0.05, 0) is 40.7 Å². The van der Waals surface area contributed by atoms with E-state index in [2.05, 4.69) is 10.4 Å². The average Bonchev–Trinajstić information content (AvgIpc) is 2.83. The maximum absolute atomic E-state index is 12.2. The molecule has 0 unspecified atom stereocenters. The zero-order valence-electron chi connectivity index (χ0n) is 13.6. The highest BCUT2D eigenvalue weighted by atomic mass is 16.3. The minimum Gasteiger partial charge on any atom is -0.466 e. The number of hydrogen-bond acceptors (Lipinski definition) is 3. The summed E-state index contributed by atoms with van der Waals surface area (Å²) in [6, 6.07) is 1.91. The van der Waals surface area contributed by atoms with E-state index in [1.54, 1.807) is 0 Å². The molecule has 1 atom stereocenters. The van der Waals surface area contributed by atoms with Crippen LogP contribution in [0.2, 0.25) is 0 Å². The number of aromatic nitrogens is 2. The van der Waals surface area contributed by atoms with E-state index in [0.717, 1.165) is 34.0 Å². The van der Waals surface area contributed by atoms with Crippen molar-refractivity contribution in [3.05, 3.63) is 40.1 Å². The van der Waals surface area contributed by atoms with Gasteiger partial charge in [0.2, 0.25) is 5.91 Å². The quantitative estimate of drug-likeness (QED) is 0.941. The Labute approximate surface area is 125 Å². The summed E-state index contributed by atoms with van der Waals surface area (Å²) >= 11 is 0. The molecule has 2 heterocycles. The van der Waals surface area contributed by atoms with E-state index >= 15 is 0 Å². The molecule has 0 bridgehead atoms. The summed E-state index contributed by atoms with van der Waals surface area (Å²) < 4.78 is 7.32. The van der Waals surface area contributed by atoms with Crippen LogP contribution in [0.15, 0.2) is 10.5 Å². The lowest BCUT2D eigenvalue weighted by molar-refractivity contribution is -0.121. The summed E-state index contributed by atoms with van der Waals surface area (Å²) in [6.45, 7) is 9.71. The topological polar surface area (TPSA) is 60.1 Å². The molecule has 0 radical (unpaired) electrons. The van der Waals surface area contributed by atoms with Crippen LogP contribution in [0.3, 0.4) is 0 Å². The van der Waals surface area contributed by atoms with Crippen LogP contribution in [0, 0.1) is 27.7 Å². The van der Waals surface area contributed by atoms with E-state index in [1.807, 2.05) is 52.4 Å². The van der Waals surface area contributed by atoms with Gasteiger partial charge in [-0.2, -0.15) is 5.10 Å². The van der Waals surface area contributed by atoms with Gasteiger partial charge in [-0.1, -0.05) is 0 Å². The lowest BCUT2D eigenvalue weighted by Crippen LogP contribution is -2.28. The van der Waals surface area contributed by atoms with Gasteiger partial charge >= 0.3 is 0 Å². The molecule has 1 amide bonds. The number of furan rings is 1. The molecular weight excluding hydrogens is 266 g/mol. The van der Waals surface area contributed by atoms with Crippen LogP contribution in [-0.4, -0.2) is 15.7 Å². The monoisotopic (exact) mass is 289 g/mol. The van der Waals surface area contributed by atoms with Crippen LogP contribution in [0.5, 0.6) is 0 Å². The molecule has 0 aliphatic heterocycles. The number of carbonyl (C=O) groups excluding carboxylic acids is 1. The number of hydrogen-bond donors (Lipinski definition) is 1. The third-order valence-corrected chi connectivity index (χ3v) is 3.92. The van der Waals surface area contributed by atoms with Gasteiger partial charge in [-0.3, -0.25) is 9.48 Å². The van der Waals surface area contributed by atoms with Crippen molar-refractivity contribution in [1.82, 2.24) is 15.1 Å². The molecule has 2 rings (SSSR count). The van der Waals surface area contributed by atoms with Gasteiger partial charge in [0.15, 0.2) is 0 Å². The smallest absolute Gasteiger partial charge is 0.225 e. The van der Waals surface area contributed by atoms with E-state index < -0.39 is 0 Å². The largest absolute Gasteiger partial charge is 0.466 e. The number of carbonyl (C=O) groups is 1. The fourth-order valence-electron chi connectivity index (χ4n) is 2.68. The summed E-state index contributed by atoms with van der Waals surface area (Å²) in [5, 5.41) is 7.37. The molecule has 2 aromatic rings. The lowest BCUT2D eigenvalue weighted by Gasteiger charge is -2.13. The second-order valence-corrected chi connectivity index (χ2v) is 5.61. The fraction of sp³-hybridized carbons (Fsp3) is 0.500. The molecule has 0 saturated carbocycles. The SMILES string of the molecule is Cc1cc([C@H](C)NC(=O)Cc2c(C)nn(C)c2C)c(C)o1. The number of nitrogens with zero attached hydrogens (tertiary/aromatic N) is 2. The first kappa shape index (κ1) is 15.4. The number of rotatable bonds is 4. The summed E-state index contributed by atoms with van der Waals surface area (Å²) in [5.74, 6) is 1.72. The Morgan fingerprint density at radius 3 is 2.52 bits per heavy atom. The number of amides is 1. The van der Waals surface area contributed by atoms with Gasteiger partial charge in [-0.25, -0.2) is 0 Å². The van der Waals surface area contributed by atoms with Crippen LogP contribution < -0.4 is 5.32 Å². The second kappa shape index (κ2) is 5.76. The van der Waals surface area contributed by atoms with E-state index in [-0.39, 0.29) is 11.9 Å². The van der Waals surface area contributed by atoms with Crippen molar-refractivity contribution >= 4 is 5.91 Å². The third kappa shape index (κ3) is 3.17. The molecule has 0 aliphatic carbocycles. The van der Waals surface area contributed by atoms with E-state index in [9.17, 15) is 4.79 Å². The molecule has 5 heteroatoms. The predicted molar refractivity (Wildman–Crippen MR) is 81.1 cm³/mol. The predicted octanol–water partition coefficient (Wildman–Crippen LogP) is 2.67. The van der Waals surface area contributed by atoms with Gasteiger partial charge in [0, 0.05) is 23.9 Å². The molecule has 5 nitrogen and oxygen atoms in total. The van der Waals surface area contributed by atoms with Crippen molar-refractivity contribution in [3.63, 3.8) is 0 Å². The molecule has 0 spiro atoms. The van der Waals surface area contributed by atoms with Gasteiger partial charge in [0.1, 0.15) is 11.5 Å². The summed E-state index contributed by atoms with van der Waals surface area (Å²) in [4.78, 5) is 12.2. The average molecular weight is 289 g/mol. The first-order valence-corrected chi connectivity index (χ1v) is 7.15. The Kier molecular flexibility index (Phi) is 4.21. The molecule has 0 aromatic carbocycles. The van der Waals surface area contributed by atoms with Gasteiger partial charge < -0.3 is 9.73 Å². The minimum atomic E-state index is -0.0627. The first-order valence-electron chi connectivity index (χ1n) is 7.15. The van der Waals surface area contributed by atoms with Gasteiger partial charge in [0.25, 0.3) is 0 Å². The Morgan fingerprint density at radius 1 is 1.38 bits per heavy atom. The molecule has 1 N–H and O–H groups in total. The van der Waals surface area contributed by atoms with Crippen LogP contribution >= 0.6 is 0 Å². The molecule has 0 aliphatic rings. The molecule has 2 aromatic heterocycles. The van der Waals surface area contributed by atoms with Crippen molar-refractivity contribution in [2.24, 2.45) is 7.05 Å². The van der Waals surface area contributed by atoms with E-state index in [0.29, 0.717) is 6.42 Å². The van der Waals surface area contributed by atoms with E-state index in [4.69, 9.17) is 4.42 Å². The second-order valence-electron chi connectivity index (χ2n) is 5.61. The van der Waals surface area contributed by atoms with Crippen LogP contribution in [0.4, 0.5) is 0 Å². The normalized spacial score (nSPS) is 12.5. The summed E-state index contributed by atoms with van der Waals surface area (Å²) in [7, 11) is 1.89. The molecule has 21 heavy (non-hydrogen) atoms. The Balaban J connectivity index is 2.06. The molecule has 0 saturated heterocycles. The van der Waals surface area contributed by atoms with Crippen molar-refractivity contribution in [1.29, 1.82) is 0 Å². The molecule has 0 fully saturated rings. The van der Waals surface area contributed by atoms with Crippen LogP contribution in [0.25, 0.3) is 0 Å². The zero-order chi connectivity index (χ0) is 15.7. The molecular formula is C16H23N3O2. The maximum atomic E-state index is 12.2. The lowest BCUT2D eigenvalue weighted by atomic mass is 10.1.